The quantitative estimate of drug-likeness (QED) is 0.471. The third kappa shape index (κ3) is 5.60. The van der Waals surface area contributed by atoms with E-state index >= 15 is 0 Å². The molecule has 1 heterocycles. The summed E-state index contributed by atoms with van der Waals surface area (Å²) in [4.78, 5) is 20.2. The number of hydrogen-bond acceptors (Lipinski definition) is 5. The first-order valence-corrected chi connectivity index (χ1v) is 10.4. The lowest BCUT2D eigenvalue weighted by atomic mass is 9.77. The van der Waals surface area contributed by atoms with Crippen molar-refractivity contribution in [3.63, 3.8) is 0 Å². The molecule has 31 heavy (non-hydrogen) atoms. The lowest BCUT2D eigenvalue weighted by molar-refractivity contribution is -0.149. The molecule has 2 aromatic carbocycles. The number of rotatable bonds is 9. The molecule has 3 aromatic rings. The van der Waals surface area contributed by atoms with Gasteiger partial charge in [-0.3, -0.25) is 4.79 Å². The lowest BCUT2D eigenvalue weighted by Crippen LogP contribution is -2.31. The number of aryl methyl sites for hydroxylation is 1. The molecule has 6 heteroatoms. The Morgan fingerprint density at radius 2 is 1.65 bits per heavy atom. The molecule has 0 fully saturated rings. The Hall–Kier alpha value is -3.41. The average Bonchev–Trinajstić information content (AvgIpc) is 2.79. The zero-order chi connectivity index (χ0) is 22.4. The number of carboxylic acid groups (broad SMARTS) is 1. The molecule has 0 spiro atoms. The summed E-state index contributed by atoms with van der Waals surface area (Å²) in [5.41, 5.74) is 3.31. The van der Waals surface area contributed by atoms with Crippen molar-refractivity contribution >= 4 is 17.6 Å². The van der Waals surface area contributed by atoms with Gasteiger partial charge in [0.1, 0.15) is 5.75 Å². The molecule has 3 rings (SSSR count). The highest BCUT2D eigenvalue weighted by Crippen LogP contribution is 2.30. The van der Waals surface area contributed by atoms with Crippen LogP contribution in [-0.2, 0) is 11.2 Å². The Morgan fingerprint density at radius 3 is 2.19 bits per heavy atom. The van der Waals surface area contributed by atoms with E-state index in [0.29, 0.717) is 5.95 Å². The maximum absolute atomic E-state index is 11.4. The SMILES string of the molecule is COc1ccc(-c2cnc(Nc3ccc(CCC(C)C(C)(C)C(=O)O)cc3)nc2)cc1. The van der Waals surface area contributed by atoms with Crippen LogP contribution in [0.2, 0.25) is 0 Å². The van der Waals surface area contributed by atoms with Crippen molar-refractivity contribution < 1.29 is 14.6 Å². The van der Waals surface area contributed by atoms with Crippen LogP contribution in [0.1, 0.15) is 32.8 Å². The number of methoxy groups -OCH3 is 1. The Labute approximate surface area is 183 Å². The summed E-state index contributed by atoms with van der Waals surface area (Å²) in [6, 6.07) is 15.8. The third-order valence-electron chi connectivity index (χ3n) is 5.93. The van der Waals surface area contributed by atoms with E-state index in [-0.39, 0.29) is 5.92 Å². The highest BCUT2D eigenvalue weighted by atomic mass is 16.5. The van der Waals surface area contributed by atoms with Crippen LogP contribution in [-0.4, -0.2) is 28.2 Å². The van der Waals surface area contributed by atoms with Crippen LogP contribution >= 0.6 is 0 Å². The van der Waals surface area contributed by atoms with E-state index in [0.717, 1.165) is 35.4 Å². The van der Waals surface area contributed by atoms with Gasteiger partial charge in [-0.2, -0.15) is 0 Å². The first-order chi connectivity index (χ1) is 14.8. The van der Waals surface area contributed by atoms with Gasteiger partial charge in [-0.1, -0.05) is 31.2 Å². The van der Waals surface area contributed by atoms with E-state index in [1.54, 1.807) is 33.4 Å². The fraction of sp³-hybridized carbons (Fsp3) is 0.320. The summed E-state index contributed by atoms with van der Waals surface area (Å²) >= 11 is 0. The molecule has 0 saturated heterocycles. The summed E-state index contributed by atoms with van der Waals surface area (Å²) in [7, 11) is 1.64. The molecular weight excluding hydrogens is 390 g/mol. The van der Waals surface area contributed by atoms with Gasteiger partial charge in [0.2, 0.25) is 5.95 Å². The van der Waals surface area contributed by atoms with Crippen LogP contribution < -0.4 is 10.1 Å². The summed E-state index contributed by atoms with van der Waals surface area (Å²) in [5.74, 6) is 0.672. The van der Waals surface area contributed by atoms with Crippen molar-refractivity contribution in [1.82, 2.24) is 9.97 Å². The molecule has 0 aliphatic carbocycles. The van der Waals surface area contributed by atoms with Crippen molar-refractivity contribution in [2.75, 3.05) is 12.4 Å². The first kappa shape index (κ1) is 22.3. The summed E-state index contributed by atoms with van der Waals surface area (Å²) in [6.45, 7) is 5.57. The molecule has 0 saturated carbocycles. The molecule has 1 unspecified atom stereocenters. The largest absolute Gasteiger partial charge is 0.497 e. The molecule has 0 bridgehead atoms. The van der Waals surface area contributed by atoms with Crippen LogP contribution in [0, 0.1) is 11.3 Å². The number of ether oxygens (including phenoxy) is 1. The summed E-state index contributed by atoms with van der Waals surface area (Å²) in [5, 5.41) is 12.6. The molecule has 162 valence electrons. The predicted molar refractivity (Wildman–Crippen MR) is 123 cm³/mol. The zero-order valence-corrected chi connectivity index (χ0v) is 18.4. The highest BCUT2D eigenvalue weighted by Gasteiger charge is 2.33. The standard InChI is InChI=1S/C25H29N3O3/c1-17(25(2,3)23(29)30)5-6-18-7-11-21(12-8-18)28-24-26-15-20(16-27-24)19-9-13-22(31-4)14-10-19/h7-17H,5-6H2,1-4H3,(H,29,30)(H,26,27,28). The van der Waals surface area contributed by atoms with Crippen molar-refractivity contribution in [2.24, 2.45) is 11.3 Å². The number of aliphatic carboxylic acids is 1. The van der Waals surface area contributed by atoms with E-state index in [1.807, 2.05) is 43.3 Å². The molecule has 0 aliphatic rings. The average molecular weight is 420 g/mol. The van der Waals surface area contributed by atoms with E-state index in [2.05, 4.69) is 27.4 Å². The van der Waals surface area contributed by atoms with Crippen molar-refractivity contribution in [3.05, 3.63) is 66.5 Å². The fourth-order valence-electron chi connectivity index (χ4n) is 3.16. The van der Waals surface area contributed by atoms with Crippen LogP contribution in [0.3, 0.4) is 0 Å². The second-order valence-electron chi connectivity index (χ2n) is 8.31. The molecule has 1 aromatic heterocycles. The van der Waals surface area contributed by atoms with E-state index in [9.17, 15) is 9.90 Å². The minimum Gasteiger partial charge on any atom is -0.497 e. The second kappa shape index (κ2) is 9.60. The number of hydrogen-bond donors (Lipinski definition) is 2. The molecule has 6 nitrogen and oxygen atoms in total. The van der Waals surface area contributed by atoms with E-state index in [4.69, 9.17) is 4.74 Å². The van der Waals surface area contributed by atoms with E-state index < -0.39 is 11.4 Å². The van der Waals surface area contributed by atoms with Crippen LogP contribution in [0.25, 0.3) is 11.1 Å². The van der Waals surface area contributed by atoms with Crippen LogP contribution in [0.15, 0.2) is 60.9 Å². The molecule has 0 radical (unpaired) electrons. The summed E-state index contributed by atoms with van der Waals surface area (Å²) < 4.78 is 5.19. The molecule has 0 amide bonds. The maximum atomic E-state index is 11.4. The number of anilines is 2. The second-order valence-corrected chi connectivity index (χ2v) is 8.31. The highest BCUT2D eigenvalue weighted by molar-refractivity contribution is 5.73. The van der Waals surface area contributed by atoms with Crippen molar-refractivity contribution in [2.45, 2.75) is 33.6 Å². The fourth-order valence-corrected chi connectivity index (χ4v) is 3.16. The normalized spacial score (nSPS) is 12.3. The number of aromatic nitrogens is 2. The summed E-state index contributed by atoms with van der Waals surface area (Å²) in [6.07, 6.45) is 5.24. The van der Waals surface area contributed by atoms with Gasteiger partial charge in [0.15, 0.2) is 0 Å². The Kier molecular flexibility index (Phi) is 6.90. The van der Waals surface area contributed by atoms with Gasteiger partial charge in [-0.05, 0) is 68.0 Å². The van der Waals surface area contributed by atoms with Crippen molar-refractivity contribution in [1.29, 1.82) is 0 Å². The minimum atomic E-state index is -0.752. The monoisotopic (exact) mass is 419 g/mol. The van der Waals surface area contributed by atoms with Gasteiger partial charge in [-0.15, -0.1) is 0 Å². The van der Waals surface area contributed by atoms with Crippen LogP contribution in [0.5, 0.6) is 5.75 Å². The third-order valence-corrected chi connectivity index (χ3v) is 5.93. The first-order valence-electron chi connectivity index (χ1n) is 10.4. The topological polar surface area (TPSA) is 84.3 Å². The lowest BCUT2D eigenvalue weighted by Gasteiger charge is -2.27. The molecule has 0 aliphatic heterocycles. The van der Waals surface area contributed by atoms with Gasteiger partial charge in [-0.25, -0.2) is 9.97 Å². The molecule has 1 atom stereocenters. The maximum Gasteiger partial charge on any atom is 0.309 e. The Bertz CT molecular complexity index is 998. The van der Waals surface area contributed by atoms with Gasteiger partial charge < -0.3 is 15.2 Å². The number of carbonyl (C=O) groups is 1. The van der Waals surface area contributed by atoms with Crippen molar-refractivity contribution in [3.8, 4) is 16.9 Å². The molecular formula is C25H29N3O3. The zero-order valence-electron chi connectivity index (χ0n) is 18.4. The predicted octanol–water partition coefficient (Wildman–Crippen LogP) is 5.58. The van der Waals surface area contributed by atoms with Gasteiger partial charge in [0.25, 0.3) is 0 Å². The number of benzene rings is 2. The Morgan fingerprint density at radius 1 is 1.03 bits per heavy atom. The Balaban J connectivity index is 1.57. The van der Waals surface area contributed by atoms with Gasteiger partial charge >= 0.3 is 5.97 Å². The minimum absolute atomic E-state index is 0.0837. The van der Waals surface area contributed by atoms with E-state index in [1.165, 1.54) is 5.56 Å². The van der Waals surface area contributed by atoms with Crippen LogP contribution in [0.4, 0.5) is 11.6 Å². The smallest absolute Gasteiger partial charge is 0.309 e. The van der Waals surface area contributed by atoms with Gasteiger partial charge in [0, 0.05) is 23.6 Å². The molecule has 2 N–H and O–H groups in total. The number of carboxylic acids is 1. The number of nitrogens with one attached hydrogen (secondary N) is 1. The number of nitrogens with zero attached hydrogens (tertiary/aromatic N) is 2. The van der Waals surface area contributed by atoms with Gasteiger partial charge in [0.05, 0.1) is 12.5 Å².